The third-order valence-corrected chi connectivity index (χ3v) is 4.41. The zero-order valence-corrected chi connectivity index (χ0v) is 14.3. The van der Waals surface area contributed by atoms with Crippen molar-refractivity contribution in [3.63, 3.8) is 0 Å². The first-order valence-corrected chi connectivity index (χ1v) is 8.39. The van der Waals surface area contributed by atoms with Crippen LogP contribution in [-0.2, 0) is 17.5 Å². The average molecular weight is 397 g/mol. The number of hydrogen-bond donors (Lipinski definition) is 1. The fourth-order valence-corrected chi connectivity index (χ4v) is 2.97. The van der Waals surface area contributed by atoms with Crippen molar-refractivity contribution in [3.05, 3.63) is 69.8 Å². The molecule has 1 amide bonds. The van der Waals surface area contributed by atoms with Gasteiger partial charge in [-0.05, 0) is 29.6 Å². The van der Waals surface area contributed by atoms with Gasteiger partial charge in [0.1, 0.15) is 12.4 Å². The highest BCUT2D eigenvalue weighted by molar-refractivity contribution is 7.13. The van der Waals surface area contributed by atoms with Crippen LogP contribution >= 0.6 is 11.3 Å². The van der Waals surface area contributed by atoms with Crippen molar-refractivity contribution < 1.29 is 22.4 Å². The van der Waals surface area contributed by atoms with Crippen molar-refractivity contribution in [1.29, 1.82) is 0 Å². The molecule has 0 bridgehead atoms. The molecule has 0 saturated carbocycles. The molecule has 0 aliphatic heterocycles. The minimum Gasteiger partial charge on any atom is -0.325 e. The van der Waals surface area contributed by atoms with Crippen LogP contribution in [0.1, 0.15) is 5.56 Å². The van der Waals surface area contributed by atoms with Crippen molar-refractivity contribution >= 4 is 22.9 Å². The van der Waals surface area contributed by atoms with Crippen molar-refractivity contribution in [2.45, 2.75) is 12.7 Å². The van der Waals surface area contributed by atoms with Crippen LogP contribution in [0.2, 0.25) is 0 Å². The van der Waals surface area contributed by atoms with Crippen LogP contribution in [0.5, 0.6) is 0 Å². The van der Waals surface area contributed by atoms with Gasteiger partial charge in [-0.3, -0.25) is 14.2 Å². The molecule has 140 valence electrons. The Morgan fingerprint density at radius 3 is 2.63 bits per heavy atom. The number of hydrogen-bond acceptors (Lipinski definition) is 4. The summed E-state index contributed by atoms with van der Waals surface area (Å²) in [6, 6.07) is 6.97. The molecule has 5 nitrogen and oxygen atoms in total. The van der Waals surface area contributed by atoms with Gasteiger partial charge in [-0.15, -0.1) is 11.3 Å². The molecule has 1 N–H and O–H groups in total. The van der Waals surface area contributed by atoms with Crippen molar-refractivity contribution in [2.24, 2.45) is 0 Å². The second-order valence-corrected chi connectivity index (χ2v) is 6.41. The summed E-state index contributed by atoms with van der Waals surface area (Å²) >= 11 is 1.40. The van der Waals surface area contributed by atoms with Crippen molar-refractivity contribution in [3.8, 4) is 10.6 Å². The molecule has 27 heavy (non-hydrogen) atoms. The minimum atomic E-state index is -4.89. The first kappa shape index (κ1) is 18.8. The lowest BCUT2D eigenvalue weighted by Gasteiger charge is -2.11. The van der Waals surface area contributed by atoms with E-state index in [9.17, 15) is 27.2 Å². The molecule has 0 spiro atoms. The number of carbonyl (C=O) groups excluding carboxylic acids is 1. The summed E-state index contributed by atoms with van der Waals surface area (Å²) in [7, 11) is 0. The topological polar surface area (TPSA) is 64.0 Å². The SMILES string of the molecule is O=C(Cn1cnc(-c2cccs2)cc1=O)Nc1ccc(F)c(C(F)(F)F)c1. The summed E-state index contributed by atoms with van der Waals surface area (Å²) in [6.07, 6.45) is -3.70. The Balaban J connectivity index is 1.74. The van der Waals surface area contributed by atoms with Crippen molar-refractivity contribution in [1.82, 2.24) is 9.55 Å². The van der Waals surface area contributed by atoms with Gasteiger partial charge in [0.05, 0.1) is 22.5 Å². The monoisotopic (exact) mass is 397 g/mol. The number of rotatable bonds is 4. The number of thiophene rings is 1. The summed E-state index contributed by atoms with van der Waals surface area (Å²) in [5.74, 6) is -2.19. The maximum atomic E-state index is 13.3. The lowest BCUT2D eigenvalue weighted by molar-refractivity contribution is -0.140. The fourth-order valence-electron chi connectivity index (χ4n) is 2.28. The Hall–Kier alpha value is -3.01. The van der Waals surface area contributed by atoms with Crippen LogP contribution in [0.3, 0.4) is 0 Å². The molecule has 0 radical (unpaired) electrons. The van der Waals surface area contributed by atoms with E-state index in [2.05, 4.69) is 10.3 Å². The van der Waals surface area contributed by atoms with Gasteiger partial charge in [0.15, 0.2) is 0 Å². The molecule has 0 aliphatic rings. The number of alkyl halides is 3. The fraction of sp³-hybridized carbons (Fsp3) is 0.118. The van der Waals surface area contributed by atoms with Gasteiger partial charge in [-0.1, -0.05) is 6.07 Å². The molecule has 0 saturated heterocycles. The second-order valence-electron chi connectivity index (χ2n) is 5.46. The minimum absolute atomic E-state index is 0.232. The molecule has 0 unspecified atom stereocenters. The number of anilines is 1. The Morgan fingerprint density at radius 2 is 2.00 bits per heavy atom. The Kier molecular flexibility index (Phi) is 5.08. The van der Waals surface area contributed by atoms with Gasteiger partial charge < -0.3 is 5.32 Å². The average Bonchev–Trinajstić information content (AvgIpc) is 3.12. The van der Waals surface area contributed by atoms with Gasteiger partial charge in [0.25, 0.3) is 5.56 Å². The van der Waals surface area contributed by atoms with E-state index in [1.807, 2.05) is 5.38 Å². The maximum Gasteiger partial charge on any atom is 0.419 e. The van der Waals surface area contributed by atoms with Crippen molar-refractivity contribution in [2.75, 3.05) is 5.32 Å². The molecule has 0 atom stereocenters. The summed E-state index contributed by atoms with van der Waals surface area (Å²) in [6.45, 7) is -0.449. The first-order chi connectivity index (χ1) is 12.7. The number of halogens is 4. The number of amides is 1. The second kappa shape index (κ2) is 7.31. The molecule has 10 heteroatoms. The third kappa shape index (κ3) is 4.40. The molecular weight excluding hydrogens is 386 g/mol. The van der Waals surface area contributed by atoms with Crippen LogP contribution < -0.4 is 10.9 Å². The predicted molar refractivity (Wildman–Crippen MR) is 91.8 cm³/mol. The number of nitrogens with one attached hydrogen (secondary N) is 1. The summed E-state index contributed by atoms with van der Waals surface area (Å²) < 4.78 is 52.4. The molecule has 2 heterocycles. The van der Waals surface area contributed by atoms with Crippen LogP contribution in [0, 0.1) is 5.82 Å². The smallest absolute Gasteiger partial charge is 0.325 e. The van der Waals surface area contributed by atoms with Gasteiger partial charge >= 0.3 is 6.18 Å². The highest BCUT2D eigenvalue weighted by Crippen LogP contribution is 2.33. The summed E-state index contributed by atoms with van der Waals surface area (Å²) in [5.41, 5.74) is -1.75. The lowest BCUT2D eigenvalue weighted by Crippen LogP contribution is -2.27. The Labute approximate surface area is 153 Å². The third-order valence-electron chi connectivity index (χ3n) is 3.52. The van der Waals surface area contributed by atoms with E-state index in [0.29, 0.717) is 17.8 Å². The molecule has 1 aromatic carbocycles. The zero-order chi connectivity index (χ0) is 19.6. The van der Waals surface area contributed by atoms with Crippen LogP contribution in [0.15, 0.2) is 52.9 Å². The van der Waals surface area contributed by atoms with E-state index < -0.39 is 35.6 Å². The summed E-state index contributed by atoms with van der Waals surface area (Å²) in [4.78, 5) is 29.0. The predicted octanol–water partition coefficient (Wildman–Crippen LogP) is 3.77. The Bertz CT molecular complexity index is 1030. The number of nitrogens with zero attached hydrogens (tertiary/aromatic N) is 2. The van der Waals surface area contributed by atoms with Crippen LogP contribution in [0.4, 0.5) is 23.2 Å². The van der Waals surface area contributed by atoms with Crippen LogP contribution in [0.25, 0.3) is 10.6 Å². The standard InChI is InChI=1S/C17H11F4N3O2S/c18-12-4-3-10(6-11(12)17(19,20)21)23-15(25)8-24-9-22-13(7-16(24)26)14-2-1-5-27-14/h1-7,9H,8H2,(H,23,25). The van der Waals surface area contributed by atoms with E-state index in [1.165, 1.54) is 23.7 Å². The number of aromatic nitrogens is 2. The quantitative estimate of drug-likeness (QED) is 0.682. The highest BCUT2D eigenvalue weighted by Gasteiger charge is 2.34. The molecule has 0 aliphatic carbocycles. The van der Waals surface area contributed by atoms with E-state index in [-0.39, 0.29) is 5.69 Å². The molecular formula is C17H11F4N3O2S. The van der Waals surface area contributed by atoms with E-state index in [0.717, 1.165) is 15.5 Å². The summed E-state index contributed by atoms with van der Waals surface area (Å²) in [5, 5.41) is 4.04. The molecule has 2 aromatic heterocycles. The zero-order valence-electron chi connectivity index (χ0n) is 13.5. The Morgan fingerprint density at radius 1 is 1.22 bits per heavy atom. The molecule has 3 aromatic rings. The maximum absolute atomic E-state index is 13.3. The molecule has 3 rings (SSSR count). The van der Waals surface area contributed by atoms with Gasteiger partial charge in [-0.2, -0.15) is 13.2 Å². The highest BCUT2D eigenvalue weighted by atomic mass is 32.1. The molecule has 0 fully saturated rings. The number of carbonyl (C=O) groups is 1. The van der Waals surface area contributed by atoms with Crippen LogP contribution in [-0.4, -0.2) is 15.5 Å². The van der Waals surface area contributed by atoms with E-state index >= 15 is 0 Å². The van der Waals surface area contributed by atoms with Gasteiger partial charge in [0.2, 0.25) is 5.91 Å². The first-order valence-electron chi connectivity index (χ1n) is 7.51. The number of benzene rings is 1. The van der Waals surface area contributed by atoms with Gasteiger partial charge in [0, 0.05) is 11.8 Å². The normalized spacial score (nSPS) is 11.4. The largest absolute Gasteiger partial charge is 0.419 e. The lowest BCUT2D eigenvalue weighted by atomic mass is 10.2. The van der Waals surface area contributed by atoms with E-state index in [4.69, 9.17) is 0 Å². The van der Waals surface area contributed by atoms with E-state index in [1.54, 1.807) is 12.1 Å². The van der Waals surface area contributed by atoms with Gasteiger partial charge in [-0.25, -0.2) is 9.37 Å².